The molecular weight excluding hydrogens is 646 g/mol. The maximum Gasteiger partial charge on any atom is 0.220 e. The largest absolute Gasteiger partial charge is 0.394 e. The molecule has 0 bridgehead atoms. The molecule has 7 unspecified atom stereocenters. The van der Waals surface area contributed by atoms with Gasteiger partial charge in [0.25, 0.3) is 0 Å². The Morgan fingerprint density at radius 1 is 0.686 bits per heavy atom. The first-order valence-corrected chi connectivity index (χ1v) is 20.3. The van der Waals surface area contributed by atoms with Crippen LogP contribution in [0.1, 0.15) is 155 Å². The van der Waals surface area contributed by atoms with Crippen LogP contribution < -0.4 is 5.32 Å². The van der Waals surface area contributed by atoms with E-state index in [1.165, 1.54) is 64.2 Å². The molecule has 0 aromatic rings. The number of ether oxygens (including phenoxy) is 2. The van der Waals surface area contributed by atoms with E-state index in [1.807, 2.05) is 0 Å². The fourth-order valence-electron chi connectivity index (χ4n) is 6.15. The molecule has 1 aliphatic heterocycles. The first-order valence-electron chi connectivity index (χ1n) is 20.3. The lowest BCUT2D eigenvalue weighted by Crippen LogP contribution is -2.60. The Labute approximate surface area is 310 Å². The van der Waals surface area contributed by atoms with Crippen LogP contribution in [0.5, 0.6) is 0 Å². The minimum Gasteiger partial charge on any atom is -0.394 e. The Morgan fingerprint density at radius 3 is 1.76 bits per heavy atom. The van der Waals surface area contributed by atoms with E-state index in [9.17, 15) is 30.3 Å². The Morgan fingerprint density at radius 2 is 1.22 bits per heavy atom. The zero-order valence-corrected chi connectivity index (χ0v) is 32.1. The van der Waals surface area contributed by atoms with Crippen molar-refractivity contribution in [1.29, 1.82) is 0 Å². The summed E-state index contributed by atoms with van der Waals surface area (Å²) in [4.78, 5) is 12.9. The van der Waals surface area contributed by atoms with E-state index in [-0.39, 0.29) is 12.5 Å². The van der Waals surface area contributed by atoms with Crippen LogP contribution in [0.3, 0.4) is 0 Å². The third-order valence-electron chi connectivity index (χ3n) is 9.45. The molecule has 9 heteroatoms. The molecule has 0 radical (unpaired) electrons. The van der Waals surface area contributed by atoms with Gasteiger partial charge in [0.2, 0.25) is 5.91 Å². The standard InChI is InChI=1S/C42H75NO8/c1-3-5-7-9-11-13-15-17-18-20-22-24-26-28-30-32-38(46)43-35(34-50-42-41(49)40(48)39(47)37(33-44)51-42)36(45)31-29-27-25-23-21-19-16-14-12-10-8-6-4-2/h5,7,11,13,17-18,22,24,35-37,39-42,44-45,47-49H,3-4,6,8-10,12,14-16,19-21,23,25-34H2,1-2H3,(H,43,46)/b7-5-,13-11-,18-17-,24-22-. The summed E-state index contributed by atoms with van der Waals surface area (Å²) in [6.45, 7) is 3.66. The summed E-state index contributed by atoms with van der Waals surface area (Å²) >= 11 is 0. The van der Waals surface area contributed by atoms with Gasteiger partial charge in [0, 0.05) is 6.42 Å². The number of aliphatic hydroxyl groups excluding tert-OH is 5. The molecule has 1 saturated heterocycles. The number of unbranched alkanes of at least 4 members (excludes halogenated alkanes) is 14. The number of hydrogen-bond donors (Lipinski definition) is 6. The molecular formula is C42H75NO8. The van der Waals surface area contributed by atoms with Gasteiger partial charge in [-0.1, -0.05) is 146 Å². The summed E-state index contributed by atoms with van der Waals surface area (Å²) in [5, 5.41) is 54.1. The highest BCUT2D eigenvalue weighted by atomic mass is 16.7. The lowest BCUT2D eigenvalue weighted by Gasteiger charge is -2.40. The van der Waals surface area contributed by atoms with Gasteiger partial charge in [-0.05, 0) is 51.4 Å². The van der Waals surface area contributed by atoms with Crippen molar-refractivity contribution < 1.29 is 39.8 Å². The molecule has 1 aliphatic rings. The van der Waals surface area contributed by atoms with Crippen LogP contribution in [-0.4, -0.2) is 87.5 Å². The summed E-state index contributed by atoms with van der Waals surface area (Å²) in [6, 6.07) is -0.739. The number of allylic oxidation sites excluding steroid dienone is 8. The molecule has 1 heterocycles. The lowest BCUT2D eigenvalue weighted by molar-refractivity contribution is -0.302. The highest BCUT2D eigenvalue weighted by molar-refractivity contribution is 5.76. The van der Waals surface area contributed by atoms with Crippen molar-refractivity contribution in [3.05, 3.63) is 48.6 Å². The molecule has 51 heavy (non-hydrogen) atoms. The molecule has 0 saturated carbocycles. The van der Waals surface area contributed by atoms with Gasteiger partial charge in [-0.15, -0.1) is 0 Å². The van der Waals surface area contributed by atoms with Crippen molar-refractivity contribution in [2.45, 2.75) is 198 Å². The predicted molar refractivity (Wildman–Crippen MR) is 207 cm³/mol. The molecule has 296 valence electrons. The quantitative estimate of drug-likeness (QED) is 0.0309. The SMILES string of the molecule is CC/C=C\C/C=C\C/C=C\C/C=C\CCCCC(=O)NC(COC1OC(CO)C(O)C(O)C1O)C(O)CCCCCCCCCCCCCCC. The number of carbonyl (C=O) groups excluding carboxylic acids is 1. The van der Waals surface area contributed by atoms with Crippen LogP contribution in [0.2, 0.25) is 0 Å². The van der Waals surface area contributed by atoms with Crippen molar-refractivity contribution >= 4 is 5.91 Å². The molecule has 0 spiro atoms. The van der Waals surface area contributed by atoms with Crippen LogP contribution in [-0.2, 0) is 14.3 Å². The molecule has 9 nitrogen and oxygen atoms in total. The highest BCUT2D eigenvalue weighted by Gasteiger charge is 2.44. The summed E-state index contributed by atoms with van der Waals surface area (Å²) in [6.07, 6.45) is 32.6. The van der Waals surface area contributed by atoms with Crippen molar-refractivity contribution in [1.82, 2.24) is 5.32 Å². The number of amides is 1. The topological polar surface area (TPSA) is 149 Å². The second-order valence-electron chi connectivity index (χ2n) is 14.1. The van der Waals surface area contributed by atoms with E-state index in [0.29, 0.717) is 19.3 Å². The minimum absolute atomic E-state index is 0.157. The molecule has 7 atom stereocenters. The average molecular weight is 722 g/mol. The number of carbonyl (C=O) groups is 1. The average Bonchev–Trinajstić information content (AvgIpc) is 3.13. The summed E-state index contributed by atoms with van der Waals surface area (Å²) in [7, 11) is 0. The number of nitrogens with one attached hydrogen (secondary N) is 1. The monoisotopic (exact) mass is 722 g/mol. The van der Waals surface area contributed by atoms with Crippen LogP contribution in [0.15, 0.2) is 48.6 Å². The number of aliphatic hydroxyl groups is 5. The van der Waals surface area contributed by atoms with Gasteiger partial charge in [-0.25, -0.2) is 0 Å². The van der Waals surface area contributed by atoms with E-state index in [2.05, 4.69) is 67.8 Å². The van der Waals surface area contributed by atoms with Gasteiger partial charge in [0.1, 0.15) is 24.4 Å². The molecule has 0 aromatic heterocycles. The van der Waals surface area contributed by atoms with E-state index < -0.39 is 49.5 Å². The summed E-state index contributed by atoms with van der Waals surface area (Å²) < 4.78 is 11.2. The predicted octanol–water partition coefficient (Wildman–Crippen LogP) is 7.50. The summed E-state index contributed by atoms with van der Waals surface area (Å²) in [5.74, 6) is -0.188. The fraction of sp³-hybridized carbons (Fsp3) is 0.786. The van der Waals surface area contributed by atoms with Crippen molar-refractivity contribution in [2.75, 3.05) is 13.2 Å². The molecule has 1 rings (SSSR count). The van der Waals surface area contributed by atoms with Gasteiger partial charge in [0.15, 0.2) is 6.29 Å². The van der Waals surface area contributed by atoms with Gasteiger partial charge in [-0.3, -0.25) is 4.79 Å². The van der Waals surface area contributed by atoms with Crippen LogP contribution in [0.25, 0.3) is 0 Å². The van der Waals surface area contributed by atoms with E-state index in [0.717, 1.165) is 57.8 Å². The molecule has 1 amide bonds. The van der Waals surface area contributed by atoms with Crippen molar-refractivity contribution in [2.24, 2.45) is 0 Å². The second kappa shape index (κ2) is 32.8. The fourth-order valence-corrected chi connectivity index (χ4v) is 6.15. The van der Waals surface area contributed by atoms with Crippen LogP contribution >= 0.6 is 0 Å². The molecule has 1 fully saturated rings. The third-order valence-corrected chi connectivity index (χ3v) is 9.45. The lowest BCUT2D eigenvalue weighted by atomic mass is 9.99. The Kier molecular flexibility index (Phi) is 30.3. The summed E-state index contributed by atoms with van der Waals surface area (Å²) in [5.41, 5.74) is 0. The Bertz CT molecular complexity index is 936. The first kappa shape index (κ1) is 47.2. The highest BCUT2D eigenvalue weighted by Crippen LogP contribution is 2.23. The molecule has 0 aliphatic carbocycles. The molecule has 0 aromatic carbocycles. The first-order chi connectivity index (χ1) is 24.8. The second-order valence-corrected chi connectivity index (χ2v) is 14.1. The van der Waals surface area contributed by atoms with Gasteiger partial charge in [-0.2, -0.15) is 0 Å². The van der Waals surface area contributed by atoms with Gasteiger partial charge >= 0.3 is 0 Å². The Balaban J connectivity index is 2.44. The number of rotatable bonds is 32. The van der Waals surface area contributed by atoms with Gasteiger partial charge in [0.05, 0.1) is 25.4 Å². The minimum atomic E-state index is -1.56. The number of hydrogen-bond acceptors (Lipinski definition) is 8. The van der Waals surface area contributed by atoms with E-state index in [4.69, 9.17) is 9.47 Å². The third kappa shape index (κ3) is 24.2. The Hall–Kier alpha value is -1.85. The molecule has 6 N–H and O–H groups in total. The van der Waals surface area contributed by atoms with Crippen molar-refractivity contribution in [3.63, 3.8) is 0 Å². The smallest absolute Gasteiger partial charge is 0.220 e. The zero-order chi connectivity index (χ0) is 37.4. The van der Waals surface area contributed by atoms with Gasteiger partial charge < -0.3 is 40.3 Å². The maximum atomic E-state index is 12.9. The van der Waals surface area contributed by atoms with E-state index >= 15 is 0 Å². The maximum absolute atomic E-state index is 12.9. The zero-order valence-electron chi connectivity index (χ0n) is 32.1. The van der Waals surface area contributed by atoms with Crippen molar-refractivity contribution in [3.8, 4) is 0 Å². The van der Waals surface area contributed by atoms with Crippen LogP contribution in [0, 0.1) is 0 Å². The van der Waals surface area contributed by atoms with E-state index in [1.54, 1.807) is 0 Å². The normalized spacial score (nSPS) is 22.5. The van der Waals surface area contributed by atoms with Crippen LogP contribution in [0.4, 0.5) is 0 Å².